The lowest BCUT2D eigenvalue weighted by Gasteiger charge is -2.12. The zero-order valence-electron chi connectivity index (χ0n) is 12.3. The molecule has 0 aliphatic carbocycles. The molecule has 22 heavy (non-hydrogen) atoms. The van der Waals surface area contributed by atoms with Crippen molar-refractivity contribution in [1.29, 1.82) is 0 Å². The molecule has 116 valence electrons. The smallest absolute Gasteiger partial charge is 0.308 e. The lowest BCUT2D eigenvalue weighted by Crippen LogP contribution is -2.19. The Kier molecular flexibility index (Phi) is 4.36. The van der Waals surface area contributed by atoms with Crippen LogP contribution in [0.25, 0.3) is 0 Å². The number of urea groups is 1. The van der Waals surface area contributed by atoms with Crippen LogP contribution in [-0.4, -0.2) is 21.2 Å². The first-order valence-electron chi connectivity index (χ1n) is 6.42. The van der Waals surface area contributed by atoms with E-state index in [-0.39, 0.29) is 11.1 Å². The third-order valence-electron chi connectivity index (χ3n) is 2.62. The predicted octanol–water partition coefficient (Wildman–Crippen LogP) is 3.39. The van der Waals surface area contributed by atoms with Gasteiger partial charge in [-0.05, 0) is 12.1 Å². The van der Waals surface area contributed by atoms with Crippen molar-refractivity contribution in [3.05, 3.63) is 39.4 Å². The fourth-order valence-corrected chi connectivity index (χ4v) is 2.30. The number of benzene rings is 1. The van der Waals surface area contributed by atoms with Gasteiger partial charge in [0.1, 0.15) is 5.01 Å². The van der Waals surface area contributed by atoms with Crippen LogP contribution in [-0.2, 0) is 5.41 Å². The molecule has 2 aromatic rings. The second-order valence-electron chi connectivity index (χ2n) is 5.55. The summed E-state index contributed by atoms with van der Waals surface area (Å²) in [6, 6.07) is 5.07. The molecule has 1 aromatic heterocycles. The van der Waals surface area contributed by atoms with Crippen molar-refractivity contribution < 1.29 is 9.72 Å². The Hall–Kier alpha value is -2.55. The molecule has 0 unspecified atom stereocenters. The molecule has 2 N–H and O–H groups in total. The minimum Gasteiger partial charge on any atom is -0.308 e. The molecule has 8 nitrogen and oxygen atoms in total. The van der Waals surface area contributed by atoms with Crippen LogP contribution >= 0.6 is 11.3 Å². The summed E-state index contributed by atoms with van der Waals surface area (Å²) in [7, 11) is 0. The van der Waals surface area contributed by atoms with Crippen LogP contribution < -0.4 is 10.6 Å². The van der Waals surface area contributed by atoms with Crippen LogP contribution in [0.15, 0.2) is 24.3 Å². The molecule has 0 aliphatic heterocycles. The molecular formula is C13H15N5O3S. The maximum absolute atomic E-state index is 11.8. The molecule has 0 bridgehead atoms. The number of aromatic nitrogens is 2. The van der Waals surface area contributed by atoms with Crippen LogP contribution in [0, 0.1) is 10.1 Å². The Bertz CT molecular complexity index is 690. The topological polar surface area (TPSA) is 110 Å². The average molecular weight is 321 g/mol. The Morgan fingerprint density at radius 1 is 1.18 bits per heavy atom. The molecule has 1 aromatic carbocycles. The van der Waals surface area contributed by atoms with Crippen LogP contribution in [0.4, 0.5) is 21.3 Å². The predicted molar refractivity (Wildman–Crippen MR) is 84.3 cm³/mol. The van der Waals surface area contributed by atoms with Crippen LogP contribution in [0.2, 0.25) is 0 Å². The summed E-state index contributed by atoms with van der Waals surface area (Å²) in [5.74, 6) is 0. The van der Waals surface area contributed by atoms with Gasteiger partial charge in [-0.1, -0.05) is 32.1 Å². The SMILES string of the molecule is CC(C)(C)c1nnc(NC(=O)Nc2ccc([N+](=O)[O-])cc2)s1. The number of carbonyl (C=O) groups excluding carboxylic acids is 1. The fraction of sp³-hybridized carbons (Fsp3) is 0.308. The Morgan fingerprint density at radius 2 is 1.82 bits per heavy atom. The van der Waals surface area contributed by atoms with Gasteiger partial charge in [0.2, 0.25) is 5.13 Å². The standard InChI is InChI=1S/C13H15N5O3S/c1-13(2,3)10-16-17-12(22-10)15-11(19)14-8-4-6-9(7-5-8)18(20)21/h4-7H,1-3H3,(H2,14,15,17,19). The molecule has 0 saturated heterocycles. The zero-order valence-corrected chi connectivity index (χ0v) is 13.1. The van der Waals surface area contributed by atoms with Gasteiger partial charge in [-0.3, -0.25) is 15.4 Å². The lowest BCUT2D eigenvalue weighted by molar-refractivity contribution is -0.384. The van der Waals surface area contributed by atoms with Crippen molar-refractivity contribution in [1.82, 2.24) is 10.2 Å². The Morgan fingerprint density at radius 3 is 2.32 bits per heavy atom. The van der Waals surface area contributed by atoms with E-state index in [1.54, 1.807) is 0 Å². The number of anilines is 2. The summed E-state index contributed by atoms with van der Waals surface area (Å²) in [6.45, 7) is 6.02. The van der Waals surface area contributed by atoms with E-state index in [9.17, 15) is 14.9 Å². The quantitative estimate of drug-likeness (QED) is 0.665. The van der Waals surface area contributed by atoms with Crippen molar-refractivity contribution in [3.63, 3.8) is 0 Å². The summed E-state index contributed by atoms with van der Waals surface area (Å²) in [4.78, 5) is 21.9. The van der Waals surface area contributed by atoms with E-state index in [2.05, 4.69) is 20.8 Å². The Labute approximate surface area is 130 Å². The second-order valence-corrected chi connectivity index (χ2v) is 6.52. The Balaban J connectivity index is 1.98. The number of hydrogen-bond donors (Lipinski definition) is 2. The highest BCUT2D eigenvalue weighted by Crippen LogP contribution is 2.27. The minimum absolute atomic E-state index is 0.0371. The van der Waals surface area contributed by atoms with E-state index in [0.29, 0.717) is 10.8 Å². The van der Waals surface area contributed by atoms with Crippen molar-refractivity contribution in [2.45, 2.75) is 26.2 Å². The number of rotatable bonds is 3. The van der Waals surface area contributed by atoms with Crippen molar-refractivity contribution >= 4 is 33.9 Å². The first kappa shape index (κ1) is 15.8. The maximum Gasteiger partial charge on any atom is 0.325 e. The van der Waals surface area contributed by atoms with Crippen LogP contribution in [0.5, 0.6) is 0 Å². The molecular weight excluding hydrogens is 306 g/mol. The third-order valence-corrected chi connectivity index (χ3v) is 3.89. The number of nitro benzene ring substituents is 1. The monoisotopic (exact) mass is 321 g/mol. The first-order valence-corrected chi connectivity index (χ1v) is 7.24. The van der Waals surface area contributed by atoms with Crippen LogP contribution in [0.1, 0.15) is 25.8 Å². The van der Waals surface area contributed by atoms with Gasteiger partial charge in [0.25, 0.3) is 5.69 Å². The summed E-state index contributed by atoms with van der Waals surface area (Å²) < 4.78 is 0. The first-order chi connectivity index (χ1) is 10.3. The highest BCUT2D eigenvalue weighted by atomic mass is 32.1. The average Bonchev–Trinajstić information content (AvgIpc) is 2.87. The van der Waals surface area contributed by atoms with Gasteiger partial charge in [-0.2, -0.15) is 0 Å². The van der Waals surface area contributed by atoms with Gasteiger partial charge in [-0.15, -0.1) is 10.2 Å². The summed E-state index contributed by atoms with van der Waals surface area (Å²) in [5.41, 5.74) is 0.278. The van der Waals surface area contributed by atoms with Crippen molar-refractivity contribution in [2.24, 2.45) is 0 Å². The zero-order chi connectivity index (χ0) is 16.3. The van der Waals surface area contributed by atoms with E-state index in [1.165, 1.54) is 35.6 Å². The molecule has 0 atom stereocenters. The number of nitrogens with zero attached hydrogens (tertiary/aromatic N) is 3. The van der Waals surface area contributed by atoms with E-state index in [4.69, 9.17) is 0 Å². The van der Waals surface area contributed by atoms with Gasteiger partial charge >= 0.3 is 6.03 Å². The number of nitrogens with one attached hydrogen (secondary N) is 2. The van der Waals surface area contributed by atoms with Gasteiger partial charge in [0.15, 0.2) is 0 Å². The maximum atomic E-state index is 11.8. The molecule has 0 saturated carbocycles. The van der Waals surface area contributed by atoms with Gasteiger partial charge in [0.05, 0.1) is 4.92 Å². The summed E-state index contributed by atoms with van der Waals surface area (Å²) >= 11 is 1.30. The number of hydrogen-bond acceptors (Lipinski definition) is 6. The number of nitro groups is 1. The van der Waals surface area contributed by atoms with Gasteiger partial charge < -0.3 is 5.32 Å². The van der Waals surface area contributed by atoms with E-state index in [1.807, 2.05) is 20.8 Å². The number of carbonyl (C=O) groups is 1. The minimum atomic E-state index is -0.501. The number of amides is 2. The molecule has 0 fully saturated rings. The van der Waals surface area contributed by atoms with Crippen molar-refractivity contribution in [3.8, 4) is 0 Å². The molecule has 2 rings (SSSR count). The molecule has 9 heteroatoms. The van der Waals surface area contributed by atoms with Gasteiger partial charge in [0, 0.05) is 23.2 Å². The summed E-state index contributed by atoms with van der Waals surface area (Å²) in [6.07, 6.45) is 0. The number of non-ortho nitro benzene ring substituents is 1. The highest BCUT2D eigenvalue weighted by molar-refractivity contribution is 7.15. The van der Waals surface area contributed by atoms with E-state index < -0.39 is 11.0 Å². The highest BCUT2D eigenvalue weighted by Gasteiger charge is 2.20. The van der Waals surface area contributed by atoms with Gasteiger partial charge in [-0.25, -0.2) is 4.79 Å². The summed E-state index contributed by atoms with van der Waals surface area (Å²) in [5, 5.41) is 24.9. The van der Waals surface area contributed by atoms with E-state index in [0.717, 1.165) is 5.01 Å². The largest absolute Gasteiger partial charge is 0.325 e. The fourth-order valence-electron chi connectivity index (χ4n) is 1.50. The molecule has 0 radical (unpaired) electrons. The van der Waals surface area contributed by atoms with E-state index >= 15 is 0 Å². The lowest BCUT2D eigenvalue weighted by atomic mass is 9.98. The molecule has 2 amide bonds. The third kappa shape index (κ3) is 3.98. The van der Waals surface area contributed by atoms with Crippen LogP contribution in [0.3, 0.4) is 0 Å². The molecule has 1 heterocycles. The normalized spacial score (nSPS) is 11.0. The molecule has 0 spiro atoms. The molecule has 0 aliphatic rings. The van der Waals surface area contributed by atoms with Crippen molar-refractivity contribution in [2.75, 3.05) is 10.6 Å². The second kappa shape index (κ2) is 6.06.